The van der Waals surface area contributed by atoms with Crippen LogP contribution in [-0.4, -0.2) is 10.6 Å². The zero-order chi connectivity index (χ0) is 14.5. The van der Waals surface area contributed by atoms with Crippen LogP contribution in [0.4, 0.5) is 11.4 Å². The van der Waals surface area contributed by atoms with Crippen molar-refractivity contribution in [3.05, 3.63) is 46.0 Å². The fourth-order valence-electron chi connectivity index (χ4n) is 2.25. The third kappa shape index (κ3) is 3.66. The van der Waals surface area contributed by atoms with Crippen LogP contribution in [0.5, 0.6) is 0 Å². The molecule has 0 heterocycles. The number of non-ortho nitro benzene ring substituents is 1. The predicted octanol–water partition coefficient (Wildman–Crippen LogP) is 4.13. The Morgan fingerprint density at radius 2 is 2.10 bits per heavy atom. The van der Waals surface area contributed by atoms with Gasteiger partial charge in [0, 0.05) is 23.8 Å². The fraction of sp³-hybridized carbons (Fsp3) is 0.400. The van der Waals surface area contributed by atoms with E-state index >= 15 is 0 Å². The summed E-state index contributed by atoms with van der Waals surface area (Å²) in [5, 5.41) is 14.9. The molecule has 0 aliphatic heterocycles. The maximum atomic E-state index is 10.6. The molecule has 5 heteroatoms. The van der Waals surface area contributed by atoms with E-state index in [1.54, 1.807) is 12.1 Å². The van der Waals surface area contributed by atoms with Crippen molar-refractivity contribution >= 4 is 17.1 Å². The van der Waals surface area contributed by atoms with Crippen LogP contribution in [0.25, 0.3) is 0 Å². The summed E-state index contributed by atoms with van der Waals surface area (Å²) in [6.07, 6.45) is 5.59. The highest BCUT2D eigenvalue weighted by atomic mass is 16.6. The van der Waals surface area contributed by atoms with E-state index in [0.29, 0.717) is 5.92 Å². The second kappa shape index (κ2) is 6.32. The third-order valence-electron chi connectivity index (χ3n) is 3.67. The second-order valence-electron chi connectivity index (χ2n) is 5.19. The fourth-order valence-corrected chi connectivity index (χ4v) is 2.25. The SMILES string of the molecule is CC1=CCC(/C(C)=N/Nc2ccc([N+](=O)[O-])cc2)CC1. The molecule has 5 nitrogen and oxygen atoms in total. The van der Waals surface area contributed by atoms with Gasteiger partial charge in [0.2, 0.25) is 0 Å². The minimum Gasteiger partial charge on any atom is -0.279 e. The quantitative estimate of drug-likeness (QED) is 0.388. The number of nitro benzene ring substituents is 1. The molecule has 1 N–H and O–H groups in total. The van der Waals surface area contributed by atoms with Gasteiger partial charge in [0.15, 0.2) is 0 Å². The molecule has 1 atom stereocenters. The lowest BCUT2D eigenvalue weighted by molar-refractivity contribution is -0.384. The third-order valence-corrected chi connectivity index (χ3v) is 3.67. The summed E-state index contributed by atoms with van der Waals surface area (Å²) in [6.45, 7) is 4.19. The molecule has 1 aromatic rings. The molecule has 0 radical (unpaired) electrons. The van der Waals surface area contributed by atoms with Crippen molar-refractivity contribution in [1.29, 1.82) is 0 Å². The smallest absolute Gasteiger partial charge is 0.269 e. The number of nitro groups is 1. The largest absolute Gasteiger partial charge is 0.279 e. The van der Waals surface area contributed by atoms with Crippen molar-refractivity contribution in [3.63, 3.8) is 0 Å². The number of rotatable bonds is 4. The van der Waals surface area contributed by atoms with E-state index in [9.17, 15) is 10.1 Å². The lowest BCUT2D eigenvalue weighted by Gasteiger charge is -2.20. The average molecular weight is 273 g/mol. The van der Waals surface area contributed by atoms with E-state index in [2.05, 4.69) is 23.5 Å². The first-order valence-corrected chi connectivity index (χ1v) is 6.76. The first-order valence-electron chi connectivity index (χ1n) is 6.76. The number of nitrogens with zero attached hydrogens (tertiary/aromatic N) is 2. The molecule has 0 fully saturated rings. The summed E-state index contributed by atoms with van der Waals surface area (Å²) in [6, 6.07) is 6.28. The standard InChI is InChI=1S/C15H19N3O2/c1-11-3-5-13(6-4-11)12(2)16-17-14-7-9-15(10-8-14)18(19)20/h3,7-10,13,17H,4-6H2,1-2H3/b16-12+. The molecule has 0 amide bonds. The van der Waals surface area contributed by atoms with Gasteiger partial charge in [-0.05, 0) is 45.2 Å². The topological polar surface area (TPSA) is 67.5 Å². The maximum absolute atomic E-state index is 10.6. The Kier molecular flexibility index (Phi) is 4.50. The van der Waals surface area contributed by atoms with E-state index in [1.165, 1.54) is 17.7 Å². The molecule has 0 spiro atoms. The van der Waals surface area contributed by atoms with E-state index in [1.807, 2.05) is 6.92 Å². The summed E-state index contributed by atoms with van der Waals surface area (Å²) in [5.74, 6) is 0.490. The highest BCUT2D eigenvalue weighted by Gasteiger charge is 2.15. The van der Waals surface area contributed by atoms with Gasteiger partial charge in [0.1, 0.15) is 0 Å². The van der Waals surface area contributed by atoms with Crippen molar-refractivity contribution in [3.8, 4) is 0 Å². The van der Waals surface area contributed by atoms with Gasteiger partial charge in [0.25, 0.3) is 5.69 Å². The Balaban J connectivity index is 1.96. The van der Waals surface area contributed by atoms with Gasteiger partial charge in [0.05, 0.1) is 10.6 Å². The van der Waals surface area contributed by atoms with Crippen LogP contribution in [0.1, 0.15) is 33.1 Å². The van der Waals surface area contributed by atoms with Crippen molar-refractivity contribution in [2.75, 3.05) is 5.43 Å². The molecular formula is C15H19N3O2. The van der Waals surface area contributed by atoms with Crippen LogP contribution < -0.4 is 5.43 Å². The number of anilines is 1. The summed E-state index contributed by atoms with van der Waals surface area (Å²) in [5.41, 5.74) is 6.34. The van der Waals surface area contributed by atoms with Gasteiger partial charge in [-0.1, -0.05) is 11.6 Å². The number of hydrogen-bond acceptors (Lipinski definition) is 4. The lowest BCUT2D eigenvalue weighted by Crippen LogP contribution is -2.15. The summed E-state index contributed by atoms with van der Waals surface area (Å²) < 4.78 is 0. The van der Waals surface area contributed by atoms with Crippen LogP contribution in [0.15, 0.2) is 41.0 Å². The maximum Gasteiger partial charge on any atom is 0.269 e. The number of nitrogens with one attached hydrogen (secondary N) is 1. The van der Waals surface area contributed by atoms with Crippen LogP contribution in [0.2, 0.25) is 0 Å². The molecule has 0 saturated carbocycles. The minimum atomic E-state index is -0.408. The van der Waals surface area contributed by atoms with Crippen molar-refractivity contribution in [2.45, 2.75) is 33.1 Å². The van der Waals surface area contributed by atoms with E-state index in [0.717, 1.165) is 30.7 Å². The van der Waals surface area contributed by atoms with Crippen LogP contribution in [0.3, 0.4) is 0 Å². The van der Waals surface area contributed by atoms with Gasteiger partial charge in [-0.2, -0.15) is 5.10 Å². The van der Waals surface area contributed by atoms with Gasteiger partial charge >= 0.3 is 0 Å². The Morgan fingerprint density at radius 3 is 2.65 bits per heavy atom. The molecule has 106 valence electrons. The molecule has 0 bridgehead atoms. The Labute approximate surface area is 118 Å². The molecule has 1 unspecified atom stereocenters. The Hall–Kier alpha value is -2.17. The average Bonchev–Trinajstić information content (AvgIpc) is 2.46. The highest BCUT2D eigenvalue weighted by molar-refractivity contribution is 5.85. The summed E-state index contributed by atoms with van der Waals surface area (Å²) >= 11 is 0. The summed E-state index contributed by atoms with van der Waals surface area (Å²) in [4.78, 5) is 10.2. The first-order chi connectivity index (χ1) is 9.56. The van der Waals surface area contributed by atoms with Crippen LogP contribution in [0, 0.1) is 16.0 Å². The normalized spacial score (nSPS) is 19.4. The predicted molar refractivity (Wildman–Crippen MR) is 80.9 cm³/mol. The van der Waals surface area contributed by atoms with Crippen LogP contribution in [-0.2, 0) is 0 Å². The zero-order valence-electron chi connectivity index (χ0n) is 11.8. The van der Waals surface area contributed by atoms with Crippen molar-refractivity contribution < 1.29 is 4.92 Å². The molecule has 20 heavy (non-hydrogen) atoms. The first kappa shape index (κ1) is 14.2. The molecule has 1 aliphatic carbocycles. The molecule has 1 aromatic carbocycles. The number of hydrogen-bond donors (Lipinski definition) is 1. The molecule has 0 aromatic heterocycles. The number of benzene rings is 1. The van der Waals surface area contributed by atoms with Gasteiger partial charge in [-0.25, -0.2) is 0 Å². The van der Waals surface area contributed by atoms with E-state index in [4.69, 9.17) is 0 Å². The zero-order valence-corrected chi connectivity index (χ0v) is 11.8. The summed E-state index contributed by atoms with van der Waals surface area (Å²) in [7, 11) is 0. The van der Waals surface area contributed by atoms with E-state index < -0.39 is 4.92 Å². The molecule has 2 rings (SSSR count). The monoisotopic (exact) mass is 273 g/mol. The minimum absolute atomic E-state index is 0.0872. The van der Waals surface area contributed by atoms with Crippen LogP contribution >= 0.6 is 0 Å². The Bertz CT molecular complexity index is 547. The Morgan fingerprint density at radius 1 is 1.40 bits per heavy atom. The lowest BCUT2D eigenvalue weighted by atomic mass is 9.87. The number of allylic oxidation sites excluding steroid dienone is 2. The highest BCUT2D eigenvalue weighted by Crippen LogP contribution is 2.24. The van der Waals surface area contributed by atoms with E-state index in [-0.39, 0.29) is 5.69 Å². The number of hydrazone groups is 1. The van der Waals surface area contributed by atoms with Crippen molar-refractivity contribution in [1.82, 2.24) is 0 Å². The van der Waals surface area contributed by atoms with Gasteiger partial charge in [-0.15, -0.1) is 0 Å². The molecule has 1 aliphatic rings. The molecule has 0 saturated heterocycles. The molecular weight excluding hydrogens is 254 g/mol. The van der Waals surface area contributed by atoms with Gasteiger partial charge < -0.3 is 0 Å². The van der Waals surface area contributed by atoms with Gasteiger partial charge in [-0.3, -0.25) is 15.5 Å². The second-order valence-corrected chi connectivity index (χ2v) is 5.19. The van der Waals surface area contributed by atoms with Crippen molar-refractivity contribution in [2.24, 2.45) is 11.0 Å².